The van der Waals surface area contributed by atoms with Gasteiger partial charge in [0.1, 0.15) is 0 Å². The lowest BCUT2D eigenvalue weighted by Gasteiger charge is -2.24. The van der Waals surface area contributed by atoms with Crippen LogP contribution in [0.2, 0.25) is 0 Å². The lowest BCUT2D eigenvalue weighted by molar-refractivity contribution is 0.102. The van der Waals surface area contributed by atoms with Gasteiger partial charge >= 0.3 is 0 Å². The number of carbonyl (C=O) groups excluding carboxylic acids is 1. The monoisotopic (exact) mass is 478 g/mol. The lowest BCUT2D eigenvalue weighted by atomic mass is 10.1. The van der Waals surface area contributed by atoms with Crippen LogP contribution in [0, 0.1) is 6.92 Å². The first kappa shape index (κ1) is 22.6. The van der Waals surface area contributed by atoms with Crippen molar-refractivity contribution >= 4 is 38.1 Å². The van der Waals surface area contributed by atoms with Crippen molar-refractivity contribution in [1.82, 2.24) is 9.97 Å². The molecule has 0 atom stereocenters. The molecule has 0 bridgehead atoms. The molecule has 9 heteroatoms. The first-order valence-electron chi connectivity index (χ1n) is 10.3. The summed E-state index contributed by atoms with van der Waals surface area (Å²) in [6.45, 7) is 3.76. The summed E-state index contributed by atoms with van der Waals surface area (Å²) in [5.41, 5.74) is 2.92. The van der Waals surface area contributed by atoms with Gasteiger partial charge in [-0.3, -0.25) is 19.4 Å². The molecule has 0 spiro atoms. The van der Waals surface area contributed by atoms with Gasteiger partial charge in [-0.1, -0.05) is 24.3 Å². The van der Waals surface area contributed by atoms with Crippen LogP contribution in [-0.2, 0) is 10.0 Å². The fourth-order valence-corrected chi connectivity index (χ4v) is 5.81. The second-order valence-corrected chi connectivity index (χ2v) is 9.91. The van der Waals surface area contributed by atoms with Gasteiger partial charge in [0.15, 0.2) is 5.13 Å². The van der Waals surface area contributed by atoms with E-state index in [4.69, 9.17) is 0 Å². The summed E-state index contributed by atoms with van der Waals surface area (Å²) in [7, 11) is -3.86. The highest BCUT2D eigenvalue weighted by atomic mass is 32.2. The van der Waals surface area contributed by atoms with E-state index in [9.17, 15) is 13.2 Å². The number of hydrogen-bond acceptors (Lipinski definition) is 6. The molecule has 168 valence electrons. The highest BCUT2D eigenvalue weighted by Crippen LogP contribution is 2.28. The van der Waals surface area contributed by atoms with Gasteiger partial charge in [0.25, 0.3) is 15.9 Å². The van der Waals surface area contributed by atoms with E-state index in [1.165, 1.54) is 21.7 Å². The van der Waals surface area contributed by atoms with E-state index in [0.717, 1.165) is 5.56 Å². The predicted octanol–water partition coefficient (Wildman–Crippen LogP) is 4.98. The van der Waals surface area contributed by atoms with Crippen LogP contribution in [0.4, 0.5) is 10.8 Å². The summed E-state index contributed by atoms with van der Waals surface area (Å²) in [5.74, 6) is -0.429. The smallest absolute Gasteiger partial charge is 0.264 e. The summed E-state index contributed by atoms with van der Waals surface area (Å²) >= 11 is 1.29. The molecule has 0 aliphatic heterocycles. The Morgan fingerprint density at radius 2 is 1.88 bits per heavy atom. The lowest BCUT2D eigenvalue weighted by Crippen LogP contribution is -2.31. The SMILES string of the molecule is CCN(c1ccccc1)S(=O)(=O)c1cc(C(=O)Nc2nc(-c3cccnc3)cs2)ccc1C. The van der Waals surface area contributed by atoms with Gasteiger partial charge in [0.2, 0.25) is 0 Å². The normalized spacial score (nSPS) is 11.2. The zero-order valence-electron chi connectivity index (χ0n) is 18.1. The molecule has 4 rings (SSSR count). The molecular weight excluding hydrogens is 456 g/mol. The molecule has 0 aliphatic rings. The molecule has 33 heavy (non-hydrogen) atoms. The Morgan fingerprint density at radius 3 is 2.58 bits per heavy atom. The van der Waals surface area contributed by atoms with E-state index in [-0.39, 0.29) is 17.0 Å². The van der Waals surface area contributed by atoms with E-state index in [0.29, 0.717) is 22.1 Å². The van der Waals surface area contributed by atoms with Crippen LogP contribution in [0.3, 0.4) is 0 Å². The van der Waals surface area contributed by atoms with Gasteiger partial charge < -0.3 is 0 Å². The molecule has 1 amide bonds. The van der Waals surface area contributed by atoms with Crippen molar-refractivity contribution in [2.45, 2.75) is 18.7 Å². The van der Waals surface area contributed by atoms with E-state index in [2.05, 4.69) is 15.3 Å². The minimum atomic E-state index is -3.86. The quantitative estimate of drug-likeness (QED) is 0.404. The number of hydrogen-bond donors (Lipinski definition) is 1. The molecule has 1 N–H and O–H groups in total. The molecular formula is C24H22N4O3S2. The molecule has 0 aliphatic carbocycles. The van der Waals surface area contributed by atoms with Crippen molar-refractivity contribution in [2.75, 3.05) is 16.2 Å². The Bertz CT molecular complexity index is 1370. The van der Waals surface area contributed by atoms with Crippen LogP contribution in [0.25, 0.3) is 11.3 Å². The number of aromatic nitrogens is 2. The summed E-state index contributed by atoms with van der Waals surface area (Å²) in [6.07, 6.45) is 3.38. The van der Waals surface area contributed by atoms with Gasteiger partial charge in [-0.2, -0.15) is 0 Å². The Kier molecular flexibility index (Phi) is 6.52. The van der Waals surface area contributed by atoms with Crippen LogP contribution < -0.4 is 9.62 Å². The number of rotatable bonds is 7. The number of carbonyl (C=O) groups is 1. The van der Waals surface area contributed by atoms with Crippen LogP contribution >= 0.6 is 11.3 Å². The van der Waals surface area contributed by atoms with Crippen LogP contribution in [-0.4, -0.2) is 30.8 Å². The second kappa shape index (κ2) is 9.51. The zero-order chi connectivity index (χ0) is 23.4. The third-order valence-electron chi connectivity index (χ3n) is 5.03. The molecule has 2 aromatic heterocycles. The van der Waals surface area contributed by atoms with E-state index >= 15 is 0 Å². The van der Waals surface area contributed by atoms with E-state index in [1.807, 2.05) is 23.6 Å². The Morgan fingerprint density at radius 1 is 1.09 bits per heavy atom. The number of thiazole rings is 1. The van der Waals surface area contributed by atoms with E-state index < -0.39 is 15.9 Å². The van der Waals surface area contributed by atoms with E-state index in [1.54, 1.807) is 62.6 Å². The molecule has 2 heterocycles. The number of pyridine rings is 1. The fourth-order valence-electron chi connectivity index (χ4n) is 3.37. The van der Waals surface area contributed by atoms with Gasteiger partial charge in [0, 0.05) is 35.4 Å². The number of nitrogens with zero attached hydrogens (tertiary/aromatic N) is 3. The third kappa shape index (κ3) is 4.79. The molecule has 0 saturated heterocycles. The van der Waals surface area contributed by atoms with Crippen molar-refractivity contribution in [1.29, 1.82) is 0 Å². The molecule has 2 aromatic carbocycles. The summed E-state index contributed by atoms with van der Waals surface area (Å²) in [6, 6.07) is 17.3. The highest BCUT2D eigenvalue weighted by Gasteiger charge is 2.26. The summed E-state index contributed by atoms with van der Waals surface area (Å²) in [5, 5.41) is 5.01. The topological polar surface area (TPSA) is 92.3 Å². The molecule has 0 radical (unpaired) electrons. The molecule has 4 aromatic rings. The number of anilines is 2. The Hall–Kier alpha value is -3.56. The van der Waals surface area contributed by atoms with Crippen LogP contribution in [0.15, 0.2) is 83.3 Å². The number of para-hydroxylation sites is 1. The van der Waals surface area contributed by atoms with Gasteiger partial charge in [0.05, 0.1) is 16.3 Å². The largest absolute Gasteiger partial charge is 0.298 e. The Balaban J connectivity index is 1.61. The summed E-state index contributed by atoms with van der Waals surface area (Å²) < 4.78 is 28.2. The number of amides is 1. The average Bonchev–Trinajstić information content (AvgIpc) is 3.29. The third-order valence-corrected chi connectivity index (χ3v) is 7.83. The van der Waals surface area contributed by atoms with Gasteiger partial charge in [-0.05, 0) is 55.8 Å². The summed E-state index contributed by atoms with van der Waals surface area (Å²) in [4.78, 5) is 21.5. The first-order valence-corrected chi connectivity index (χ1v) is 12.6. The first-order chi connectivity index (χ1) is 15.9. The molecule has 7 nitrogen and oxygen atoms in total. The van der Waals surface area contributed by atoms with Crippen molar-refractivity contribution < 1.29 is 13.2 Å². The molecule has 0 unspecified atom stereocenters. The zero-order valence-corrected chi connectivity index (χ0v) is 19.7. The maximum atomic E-state index is 13.5. The van der Waals surface area contributed by atoms with Crippen molar-refractivity contribution in [2.24, 2.45) is 0 Å². The standard InChI is InChI=1S/C24H22N4O3S2/c1-3-28(20-9-5-4-6-10-20)33(30,31)22-14-18(12-11-17(22)2)23(29)27-24-26-21(16-32-24)19-8-7-13-25-15-19/h4-16H,3H2,1-2H3,(H,26,27,29). The maximum absolute atomic E-state index is 13.5. The maximum Gasteiger partial charge on any atom is 0.264 e. The highest BCUT2D eigenvalue weighted by molar-refractivity contribution is 7.92. The van der Waals surface area contributed by atoms with Crippen molar-refractivity contribution in [3.63, 3.8) is 0 Å². The fraction of sp³-hybridized carbons (Fsp3) is 0.125. The Labute approximate surface area is 196 Å². The average molecular weight is 479 g/mol. The van der Waals surface area contributed by atoms with Gasteiger partial charge in [-0.15, -0.1) is 11.3 Å². The molecule has 0 saturated carbocycles. The number of sulfonamides is 1. The minimum Gasteiger partial charge on any atom is -0.298 e. The number of benzene rings is 2. The minimum absolute atomic E-state index is 0.0936. The van der Waals surface area contributed by atoms with Crippen molar-refractivity contribution in [3.8, 4) is 11.3 Å². The van der Waals surface area contributed by atoms with Crippen LogP contribution in [0.5, 0.6) is 0 Å². The van der Waals surface area contributed by atoms with Gasteiger partial charge in [-0.25, -0.2) is 13.4 Å². The number of nitrogens with one attached hydrogen (secondary N) is 1. The van der Waals surface area contributed by atoms with Crippen LogP contribution in [0.1, 0.15) is 22.8 Å². The predicted molar refractivity (Wildman–Crippen MR) is 131 cm³/mol. The second-order valence-electron chi connectivity index (χ2n) is 7.22. The van der Waals surface area contributed by atoms with Crippen molar-refractivity contribution in [3.05, 3.63) is 89.6 Å². The number of aryl methyl sites for hydroxylation is 1. The molecule has 0 fully saturated rings.